The average Bonchev–Trinajstić information content (AvgIpc) is 2.63. The molecule has 3 N–H and O–H groups in total. The first-order valence-electron chi connectivity index (χ1n) is 4.77. The van der Waals surface area contributed by atoms with Crippen LogP contribution >= 0.6 is 15.9 Å². The highest BCUT2D eigenvalue weighted by atomic mass is 79.9. The SMILES string of the molecule is Cn1cc(CNc2ncc(Br)cc2N)cn1. The van der Waals surface area contributed by atoms with Gasteiger partial charge < -0.3 is 11.1 Å². The fourth-order valence-corrected chi connectivity index (χ4v) is 1.70. The van der Waals surface area contributed by atoms with E-state index in [4.69, 9.17) is 5.73 Å². The van der Waals surface area contributed by atoms with Gasteiger partial charge in [0.1, 0.15) is 5.82 Å². The molecule has 0 aliphatic rings. The van der Waals surface area contributed by atoms with Gasteiger partial charge in [0, 0.05) is 36.0 Å². The maximum atomic E-state index is 5.81. The van der Waals surface area contributed by atoms with Crippen LogP contribution < -0.4 is 11.1 Å². The van der Waals surface area contributed by atoms with Crippen LogP contribution in [0.3, 0.4) is 0 Å². The summed E-state index contributed by atoms with van der Waals surface area (Å²) in [6.07, 6.45) is 5.46. The number of aryl methyl sites for hydroxylation is 1. The van der Waals surface area contributed by atoms with Gasteiger partial charge in [-0.2, -0.15) is 5.10 Å². The number of hydrogen-bond acceptors (Lipinski definition) is 4. The van der Waals surface area contributed by atoms with E-state index in [0.717, 1.165) is 10.0 Å². The first-order valence-corrected chi connectivity index (χ1v) is 5.57. The van der Waals surface area contributed by atoms with Crippen molar-refractivity contribution in [2.24, 2.45) is 7.05 Å². The predicted octanol–water partition coefficient (Wildman–Crippen LogP) is 1.77. The lowest BCUT2D eigenvalue weighted by Crippen LogP contribution is -2.03. The van der Waals surface area contributed by atoms with Gasteiger partial charge in [0.05, 0.1) is 11.9 Å². The third kappa shape index (κ3) is 2.52. The molecule has 0 aliphatic carbocycles. The molecule has 0 spiro atoms. The normalized spacial score (nSPS) is 10.4. The van der Waals surface area contributed by atoms with E-state index in [9.17, 15) is 0 Å². The molecule has 0 unspecified atom stereocenters. The standard InChI is InChI=1S/C10H12BrN5/c1-16-6-7(4-15-16)3-13-10-9(12)2-8(11)5-14-10/h2,4-6H,3,12H2,1H3,(H,13,14). The lowest BCUT2D eigenvalue weighted by Gasteiger charge is -2.06. The van der Waals surface area contributed by atoms with Crippen molar-refractivity contribution in [3.63, 3.8) is 0 Å². The molecular weight excluding hydrogens is 270 g/mol. The van der Waals surface area contributed by atoms with Crippen molar-refractivity contribution in [1.29, 1.82) is 0 Å². The second-order valence-corrected chi connectivity index (χ2v) is 4.38. The van der Waals surface area contributed by atoms with Crippen LogP contribution in [0.15, 0.2) is 29.1 Å². The maximum absolute atomic E-state index is 5.81. The van der Waals surface area contributed by atoms with E-state index in [1.807, 2.05) is 25.5 Å². The van der Waals surface area contributed by atoms with Gasteiger partial charge in [-0.1, -0.05) is 0 Å². The molecule has 0 aromatic carbocycles. The van der Waals surface area contributed by atoms with E-state index >= 15 is 0 Å². The smallest absolute Gasteiger partial charge is 0.149 e. The molecule has 2 aromatic heterocycles. The van der Waals surface area contributed by atoms with Gasteiger partial charge in [0.25, 0.3) is 0 Å². The Morgan fingerprint density at radius 1 is 1.50 bits per heavy atom. The number of halogens is 1. The minimum atomic E-state index is 0.623. The number of anilines is 2. The highest BCUT2D eigenvalue weighted by Crippen LogP contribution is 2.20. The molecule has 0 atom stereocenters. The van der Waals surface area contributed by atoms with Gasteiger partial charge in [-0.15, -0.1) is 0 Å². The summed E-state index contributed by atoms with van der Waals surface area (Å²) in [5.74, 6) is 0.687. The number of nitrogens with two attached hydrogens (primary N) is 1. The monoisotopic (exact) mass is 281 g/mol. The maximum Gasteiger partial charge on any atom is 0.149 e. The lowest BCUT2D eigenvalue weighted by atomic mass is 10.3. The molecule has 5 nitrogen and oxygen atoms in total. The number of pyridine rings is 1. The van der Waals surface area contributed by atoms with Crippen molar-refractivity contribution in [2.75, 3.05) is 11.1 Å². The van der Waals surface area contributed by atoms with Gasteiger partial charge in [0.15, 0.2) is 0 Å². The Morgan fingerprint density at radius 2 is 2.31 bits per heavy atom. The fourth-order valence-electron chi connectivity index (χ4n) is 1.35. The molecule has 84 valence electrons. The highest BCUT2D eigenvalue weighted by molar-refractivity contribution is 9.10. The molecule has 2 aromatic rings. The number of nitrogens with one attached hydrogen (secondary N) is 1. The van der Waals surface area contributed by atoms with E-state index < -0.39 is 0 Å². The zero-order valence-corrected chi connectivity index (χ0v) is 10.4. The molecule has 0 bridgehead atoms. The van der Waals surface area contributed by atoms with E-state index in [1.54, 1.807) is 10.9 Å². The Bertz CT molecular complexity index is 494. The van der Waals surface area contributed by atoms with Crippen LogP contribution in [-0.4, -0.2) is 14.8 Å². The van der Waals surface area contributed by atoms with Crippen LogP contribution in [0.5, 0.6) is 0 Å². The van der Waals surface area contributed by atoms with E-state index in [0.29, 0.717) is 18.1 Å². The molecule has 6 heteroatoms. The van der Waals surface area contributed by atoms with E-state index in [2.05, 4.69) is 31.3 Å². The summed E-state index contributed by atoms with van der Waals surface area (Å²) in [6.45, 7) is 0.659. The van der Waals surface area contributed by atoms with Crippen LogP contribution in [0.2, 0.25) is 0 Å². The molecule has 0 saturated carbocycles. The van der Waals surface area contributed by atoms with E-state index in [-0.39, 0.29) is 0 Å². The van der Waals surface area contributed by atoms with Crippen molar-refractivity contribution < 1.29 is 0 Å². The van der Waals surface area contributed by atoms with Crippen molar-refractivity contribution in [1.82, 2.24) is 14.8 Å². The second-order valence-electron chi connectivity index (χ2n) is 3.47. The van der Waals surface area contributed by atoms with Crippen molar-refractivity contribution in [3.05, 3.63) is 34.7 Å². The third-order valence-corrected chi connectivity index (χ3v) is 2.54. The third-order valence-electron chi connectivity index (χ3n) is 2.10. The summed E-state index contributed by atoms with van der Waals surface area (Å²) >= 11 is 3.31. The van der Waals surface area contributed by atoms with E-state index in [1.165, 1.54) is 0 Å². The number of rotatable bonds is 3. The number of aromatic nitrogens is 3. The first-order chi connectivity index (χ1) is 7.65. The van der Waals surface area contributed by atoms with Crippen LogP contribution in [-0.2, 0) is 13.6 Å². The Balaban J connectivity index is 2.04. The molecular formula is C10H12BrN5. The van der Waals surface area contributed by atoms with Crippen LogP contribution in [0.25, 0.3) is 0 Å². The molecule has 16 heavy (non-hydrogen) atoms. The Labute approximate surface area is 102 Å². The molecule has 0 amide bonds. The molecule has 0 fully saturated rings. The van der Waals surface area contributed by atoms with Gasteiger partial charge in [-0.05, 0) is 22.0 Å². The lowest BCUT2D eigenvalue weighted by molar-refractivity contribution is 0.767. The summed E-state index contributed by atoms with van der Waals surface area (Å²) in [7, 11) is 1.88. The number of hydrogen-bond donors (Lipinski definition) is 2. The zero-order valence-electron chi connectivity index (χ0n) is 8.81. The van der Waals surface area contributed by atoms with Crippen LogP contribution in [0.1, 0.15) is 5.56 Å². The quantitative estimate of drug-likeness (QED) is 0.900. The minimum Gasteiger partial charge on any atom is -0.396 e. The van der Waals surface area contributed by atoms with Crippen molar-refractivity contribution in [3.8, 4) is 0 Å². The molecule has 2 heterocycles. The van der Waals surface area contributed by atoms with Gasteiger partial charge in [-0.25, -0.2) is 4.98 Å². The fraction of sp³-hybridized carbons (Fsp3) is 0.200. The Hall–Kier alpha value is -1.56. The minimum absolute atomic E-state index is 0.623. The topological polar surface area (TPSA) is 68.8 Å². The zero-order chi connectivity index (χ0) is 11.5. The van der Waals surface area contributed by atoms with Crippen molar-refractivity contribution >= 4 is 27.4 Å². The highest BCUT2D eigenvalue weighted by Gasteiger charge is 2.02. The summed E-state index contributed by atoms with van der Waals surface area (Å²) in [6, 6.07) is 1.82. The Morgan fingerprint density at radius 3 is 2.94 bits per heavy atom. The molecule has 0 saturated heterocycles. The van der Waals surface area contributed by atoms with Gasteiger partial charge in [0.2, 0.25) is 0 Å². The summed E-state index contributed by atoms with van der Waals surface area (Å²) in [4.78, 5) is 4.19. The van der Waals surface area contributed by atoms with Crippen molar-refractivity contribution in [2.45, 2.75) is 6.54 Å². The second kappa shape index (κ2) is 4.52. The Kier molecular flexibility index (Phi) is 3.09. The first kappa shape index (κ1) is 10.9. The molecule has 2 rings (SSSR count). The predicted molar refractivity (Wildman–Crippen MR) is 66.9 cm³/mol. The molecule has 0 radical (unpaired) electrons. The van der Waals surface area contributed by atoms with Crippen LogP contribution in [0, 0.1) is 0 Å². The summed E-state index contributed by atoms with van der Waals surface area (Å²) in [5.41, 5.74) is 7.53. The van der Waals surface area contributed by atoms with Gasteiger partial charge in [-0.3, -0.25) is 4.68 Å². The largest absolute Gasteiger partial charge is 0.396 e. The summed E-state index contributed by atoms with van der Waals surface area (Å²) < 4.78 is 2.63. The van der Waals surface area contributed by atoms with Gasteiger partial charge >= 0.3 is 0 Å². The number of nitrogen functional groups attached to an aromatic ring is 1. The van der Waals surface area contributed by atoms with Crippen LogP contribution in [0.4, 0.5) is 11.5 Å². The summed E-state index contributed by atoms with van der Waals surface area (Å²) in [5, 5.41) is 7.24. The number of nitrogens with zero attached hydrogens (tertiary/aromatic N) is 3. The average molecular weight is 282 g/mol. The molecule has 0 aliphatic heterocycles.